The Balaban J connectivity index is 3.08. The molecule has 0 saturated carbocycles. The van der Waals surface area contributed by atoms with E-state index in [1.165, 1.54) is 6.92 Å². The molecular formula is C9H12ClF3N2O2. The topological polar surface area (TPSA) is 69.1 Å². The lowest BCUT2D eigenvalue weighted by Crippen LogP contribution is -2.22. The van der Waals surface area contributed by atoms with Crippen molar-refractivity contribution in [1.82, 2.24) is 10.2 Å². The fourth-order valence-corrected chi connectivity index (χ4v) is 1.70. The fraction of sp³-hybridized carbons (Fsp3) is 0.667. The van der Waals surface area contributed by atoms with Crippen molar-refractivity contribution in [3.8, 4) is 0 Å². The number of aliphatic hydroxyl groups is 2. The summed E-state index contributed by atoms with van der Waals surface area (Å²) in [7, 11) is 0. The van der Waals surface area contributed by atoms with Crippen LogP contribution in [0.2, 0.25) is 0 Å². The number of aliphatic hydroxyl groups excluding tert-OH is 2. The minimum absolute atomic E-state index is 0.00929. The molecule has 2 atom stereocenters. The molecule has 0 amide bonds. The Labute approximate surface area is 100 Å². The van der Waals surface area contributed by atoms with E-state index in [0.717, 1.165) is 0 Å². The number of nitrogens with zero attached hydrogens (tertiary/aromatic N) is 1. The number of halogens is 4. The molecule has 17 heavy (non-hydrogen) atoms. The van der Waals surface area contributed by atoms with Crippen LogP contribution in [-0.2, 0) is 6.18 Å². The van der Waals surface area contributed by atoms with E-state index in [9.17, 15) is 23.4 Å². The van der Waals surface area contributed by atoms with Crippen molar-refractivity contribution in [1.29, 1.82) is 0 Å². The van der Waals surface area contributed by atoms with E-state index >= 15 is 0 Å². The zero-order valence-electron chi connectivity index (χ0n) is 8.92. The number of aryl methyl sites for hydroxylation is 1. The first-order valence-electron chi connectivity index (χ1n) is 4.83. The Kier molecular flexibility index (Phi) is 4.40. The van der Waals surface area contributed by atoms with Gasteiger partial charge in [-0.25, -0.2) is 0 Å². The van der Waals surface area contributed by atoms with Crippen LogP contribution in [0.15, 0.2) is 0 Å². The summed E-state index contributed by atoms with van der Waals surface area (Å²) < 4.78 is 37.7. The molecule has 0 saturated heterocycles. The van der Waals surface area contributed by atoms with Gasteiger partial charge in [0.25, 0.3) is 0 Å². The highest BCUT2D eigenvalue weighted by Gasteiger charge is 2.40. The molecule has 1 aromatic heterocycles. The predicted octanol–water partition coefficient (Wildman–Crippen LogP) is 1.76. The number of hydrogen-bond acceptors (Lipinski definition) is 3. The van der Waals surface area contributed by atoms with Crippen LogP contribution in [0.3, 0.4) is 0 Å². The van der Waals surface area contributed by atoms with E-state index in [2.05, 4.69) is 10.2 Å². The molecule has 0 bridgehead atoms. The lowest BCUT2D eigenvalue weighted by molar-refractivity contribution is -0.143. The molecule has 8 heteroatoms. The third-order valence-corrected chi connectivity index (χ3v) is 2.55. The molecule has 0 radical (unpaired) electrons. The highest BCUT2D eigenvalue weighted by atomic mass is 35.5. The number of aromatic amines is 1. The van der Waals surface area contributed by atoms with E-state index in [0.29, 0.717) is 0 Å². The van der Waals surface area contributed by atoms with Gasteiger partial charge in [-0.1, -0.05) is 0 Å². The Morgan fingerprint density at radius 3 is 2.47 bits per heavy atom. The van der Waals surface area contributed by atoms with E-state index in [4.69, 9.17) is 11.6 Å². The van der Waals surface area contributed by atoms with Crippen LogP contribution in [0.25, 0.3) is 0 Å². The summed E-state index contributed by atoms with van der Waals surface area (Å²) in [6, 6.07) is 0. The van der Waals surface area contributed by atoms with Gasteiger partial charge >= 0.3 is 6.18 Å². The van der Waals surface area contributed by atoms with Crippen molar-refractivity contribution in [3.63, 3.8) is 0 Å². The van der Waals surface area contributed by atoms with Crippen LogP contribution >= 0.6 is 11.6 Å². The molecule has 0 aliphatic heterocycles. The molecule has 3 N–H and O–H groups in total. The van der Waals surface area contributed by atoms with Gasteiger partial charge in [0, 0.05) is 17.1 Å². The number of alkyl halides is 4. The van der Waals surface area contributed by atoms with E-state index in [-0.39, 0.29) is 18.0 Å². The maximum absolute atomic E-state index is 12.6. The number of rotatable bonds is 4. The van der Waals surface area contributed by atoms with Crippen LogP contribution in [0.1, 0.15) is 29.5 Å². The second-order valence-corrected chi connectivity index (χ2v) is 3.98. The Morgan fingerprint density at radius 2 is 2.00 bits per heavy atom. The van der Waals surface area contributed by atoms with E-state index in [1.807, 2.05) is 0 Å². The van der Waals surface area contributed by atoms with Gasteiger partial charge in [-0.05, 0) is 13.3 Å². The lowest BCUT2D eigenvalue weighted by atomic mass is 10.0. The molecule has 0 aromatic carbocycles. The second kappa shape index (κ2) is 5.24. The molecule has 0 aliphatic carbocycles. The Bertz CT molecular complexity index is 381. The van der Waals surface area contributed by atoms with Gasteiger partial charge in [-0.15, -0.1) is 11.6 Å². The Hall–Kier alpha value is -0.790. The molecule has 0 aliphatic rings. The monoisotopic (exact) mass is 272 g/mol. The molecule has 0 fully saturated rings. The smallest absolute Gasteiger partial charge is 0.390 e. The highest BCUT2D eigenvalue weighted by molar-refractivity contribution is 6.17. The van der Waals surface area contributed by atoms with Gasteiger partial charge in [0.2, 0.25) is 0 Å². The third-order valence-electron chi connectivity index (χ3n) is 2.33. The summed E-state index contributed by atoms with van der Waals surface area (Å²) in [6.45, 7) is 1.34. The minimum atomic E-state index is -4.68. The quantitative estimate of drug-likeness (QED) is 0.732. The van der Waals surface area contributed by atoms with Crippen molar-refractivity contribution in [2.24, 2.45) is 0 Å². The molecular weight excluding hydrogens is 261 g/mol. The van der Waals surface area contributed by atoms with Crippen LogP contribution in [0.4, 0.5) is 13.2 Å². The van der Waals surface area contributed by atoms with Gasteiger partial charge in [0.15, 0.2) is 5.69 Å². The maximum Gasteiger partial charge on any atom is 0.435 e. The summed E-state index contributed by atoms with van der Waals surface area (Å²) in [6.07, 6.45) is -7.71. The summed E-state index contributed by atoms with van der Waals surface area (Å²) in [4.78, 5) is 0. The van der Waals surface area contributed by atoms with Gasteiger partial charge in [-0.2, -0.15) is 18.3 Å². The molecule has 1 rings (SSSR count). The molecule has 2 unspecified atom stereocenters. The van der Waals surface area contributed by atoms with Crippen molar-refractivity contribution >= 4 is 11.6 Å². The summed E-state index contributed by atoms with van der Waals surface area (Å²) in [5.41, 5.74) is -1.58. The van der Waals surface area contributed by atoms with Gasteiger partial charge in [-0.3, -0.25) is 5.10 Å². The van der Waals surface area contributed by atoms with Crippen molar-refractivity contribution in [2.75, 3.05) is 5.88 Å². The molecule has 0 spiro atoms. The lowest BCUT2D eigenvalue weighted by Gasteiger charge is -2.18. The van der Waals surface area contributed by atoms with Gasteiger partial charge in [0.05, 0.1) is 6.10 Å². The van der Waals surface area contributed by atoms with Crippen molar-refractivity contribution < 1.29 is 23.4 Å². The van der Waals surface area contributed by atoms with E-state index in [1.54, 1.807) is 0 Å². The third kappa shape index (κ3) is 3.11. The fourth-order valence-electron chi connectivity index (χ4n) is 1.48. The van der Waals surface area contributed by atoms with Crippen LogP contribution < -0.4 is 0 Å². The maximum atomic E-state index is 12.6. The molecule has 1 heterocycles. The first-order valence-corrected chi connectivity index (χ1v) is 5.36. The second-order valence-electron chi connectivity index (χ2n) is 3.60. The van der Waals surface area contributed by atoms with Crippen LogP contribution in [0, 0.1) is 6.92 Å². The number of H-pyrrole nitrogens is 1. The highest BCUT2D eigenvalue weighted by Crippen LogP contribution is 2.35. The molecule has 1 aromatic rings. The predicted molar refractivity (Wildman–Crippen MR) is 54.6 cm³/mol. The van der Waals surface area contributed by atoms with Crippen LogP contribution in [0.5, 0.6) is 0 Å². The minimum Gasteiger partial charge on any atom is -0.390 e. The summed E-state index contributed by atoms with van der Waals surface area (Å²) in [5.74, 6) is 0.0382. The van der Waals surface area contributed by atoms with Gasteiger partial charge in [0.1, 0.15) is 6.10 Å². The average Bonchev–Trinajstić information content (AvgIpc) is 2.59. The molecule has 4 nitrogen and oxygen atoms in total. The number of nitrogens with one attached hydrogen (secondary N) is 1. The Morgan fingerprint density at radius 1 is 1.41 bits per heavy atom. The average molecular weight is 273 g/mol. The summed E-state index contributed by atoms with van der Waals surface area (Å²) in [5, 5.41) is 24.4. The largest absolute Gasteiger partial charge is 0.435 e. The number of aromatic nitrogens is 2. The zero-order valence-corrected chi connectivity index (χ0v) is 9.68. The van der Waals surface area contributed by atoms with Crippen LogP contribution in [-0.4, -0.2) is 32.4 Å². The number of hydrogen-bond donors (Lipinski definition) is 3. The first-order chi connectivity index (χ1) is 7.79. The van der Waals surface area contributed by atoms with Gasteiger partial charge < -0.3 is 10.2 Å². The first kappa shape index (κ1) is 14.3. The molecule has 98 valence electrons. The SMILES string of the molecule is Cc1[nH]nc(C(F)(F)F)c1C(O)C(O)CCCl. The standard InChI is InChI=1S/C9H12ClF3N2O2/c1-4-6(7(17)5(16)2-3-10)8(15-14-4)9(11,12)13/h5,7,16-17H,2-3H2,1H3,(H,14,15). The zero-order chi connectivity index (χ0) is 13.2. The van der Waals surface area contributed by atoms with Crippen molar-refractivity contribution in [3.05, 3.63) is 17.0 Å². The normalized spacial score (nSPS) is 15.9. The van der Waals surface area contributed by atoms with E-state index < -0.39 is 29.6 Å². The summed E-state index contributed by atoms with van der Waals surface area (Å²) >= 11 is 5.35. The van der Waals surface area contributed by atoms with Crippen molar-refractivity contribution in [2.45, 2.75) is 31.7 Å².